The molecule has 2 heteroatoms. The number of nitrogens with one attached hydrogen (secondary N) is 1. The van der Waals surface area contributed by atoms with Gasteiger partial charge < -0.3 is 10.1 Å². The van der Waals surface area contributed by atoms with Crippen LogP contribution in [0.15, 0.2) is 36.4 Å². The molecule has 0 aliphatic carbocycles. The number of rotatable bonds is 5. The fraction of sp³-hybridized carbons (Fsp3) is 0.474. The van der Waals surface area contributed by atoms with Gasteiger partial charge in [-0.2, -0.15) is 0 Å². The number of benzene rings is 2. The van der Waals surface area contributed by atoms with Crippen LogP contribution in [0.4, 0.5) is 0 Å². The molecular weight excluding hydrogens is 258 g/mol. The second kappa shape index (κ2) is 6.59. The van der Waals surface area contributed by atoms with E-state index in [1.165, 1.54) is 28.3 Å². The molecule has 0 bridgehead atoms. The maximum atomic E-state index is 5.98. The number of hydrogen-bond acceptors (Lipinski definition) is 2. The Morgan fingerprint density at radius 3 is 2.71 bits per heavy atom. The SMILES string of the molecule is CCCNC(c1ccc(C)c2ccccc12)C1CCCO1. The second-order valence-corrected chi connectivity index (χ2v) is 6.00. The molecule has 2 nitrogen and oxygen atoms in total. The van der Waals surface area contributed by atoms with Crippen molar-refractivity contribution in [2.45, 2.75) is 45.3 Å². The smallest absolute Gasteiger partial charge is 0.0770 e. The average Bonchev–Trinajstić information content (AvgIpc) is 3.04. The number of aryl methyl sites for hydroxylation is 1. The molecule has 0 amide bonds. The summed E-state index contributed by atoms with van der Waals surface area (Å²) in [4.78, 5) is 0. The molecule has 112 valence electrons. The molecule has 0 aromatic heterocycles. The van der Waals surface area contributed by atoms with Crippen molar-refractivity contribution in [2.75, 3.05) is 13.2 Å². The summed E-state index contributed by atoms with van der Waals surface area (Å²) in [6, 6.07) is 13.6. The van der Waals surface area contributed by atoms with Gasteiger partial charge in [-0.1, -0.05) is 43.3 Å². The zero-order valence-electron chi connectivity index (χ0n) is 13.1. The Balaban J connectivity index is 2.03. The van der Waals surface area contributed by atoms with E-state index in [9.17, 15) is 0 Å². The summed E-state index contributed by atoms with van der Waals surface area (Å²) in [6.07, 6.45) is 3.79. The second-order valence-electron chi connectivity index (χ2n) is 6.00. The Morgan fingerprint density at radius 2 is 2.00 bits per heavy atom. The summed E-state index contributed by atoms with van der Waals surface area (Å²) < 4.78 is 5.98. The lowest BCUT2D eigenvalue weighted by Crippen LogP contribution is -2.32. The van der Waals surface area contributed by atoms with Gasteiger partial charge in [-0.3, -0.25) is 0 Å². The van der Waals surface area contributed by atoms with Crippen molar-refractivity contribution in [3.63, 3.8) is 0 Å². The molecule has 2 aromatic rings. The molecule has 2 unspecified atom stereocenters. The van der Waals surface area contributed by atoms with Gasteiger partial charge >= 0.3 is 0 Å². The standard InChI is InChI=1S/C19H25NO/c1-3-12-20-19(18-9-6-13-21-18)17-11-10-14(2)15-7-4-5-8-16(15)17/h4-5,7-8,10-11,18-20H,3,6,9,12-13H2,1-2H3. The molecule has 21 heavy (non-hydrogen) atoms. The summed E-state index contributed by atoms with van der Waals surface area (Å²) in [6.45, 7) is 6.34. The van der Waals surface area contributed by atoms with Gasteiger partial charge in [0.05, 0.1) is 12.1 Å². The van der Waals surface area contributed by atoms with Crippen molar-refractivity contribution in [3.05, 3.63) is 47.5 Å². The minimum absolute atomic E-state index is 0.304. The number of hydrogen-bond donors (Lipinski definition) is 1. The summed E-state index contributed by atoms with van der Waals surface area (Å²) in [5.41, 5.74) is 2.73. The molecule has 2 aromatic carbocycles. The molecule has 0 saturated carbocycles. The molecule has 0 spiro atoms. The lowest BCUT2D eigenvalue weighted by Gasteiger charge is -2.26. The lowest BCUT2D eigenvalue weighted by molar-refractivity contribution is 0.0787. The largest absolute Gasteiger partial charge is 0.376 e. The third kappa shape index (κ3) is 2.97. The van der Waals surface area contributed by atoms with Crippen molar-refractivity contribution >= 4 is 10.8 Å². The third-order valence-electron chi connectivity index (χ3n) is 4.46. The van der Waals surface area contributed by atoms with Gasteiger partial charge in [-0.25, -0.2) is 0 Å². The van der Waals surface area contributed by atoms with E-state index in [0.717, 1.165) is 26.0 Å². The molecular formula is C19H25NO. The Morgan fingerprint density at radius 1 is 1.19 bits per heavy atom. The molecule has 2 atom stereocenters. The topological polar surface area (TPSA) is 21.3 Å². The van der Waals surface area contributed by atoms with Gasteiger partial charge in [0.1, 0.15) is 0 Å². The van der Waals surface area contributed by atoms with E-state index in [1.807, 2.05) is 0 Å². The van der Waals surface area contributed by atoms with Crippen LogP contribution < -0.4 is 5.32 Å². The van der Waals surface area contributed by atoms with Gasteiger partial charge in [0.25, 0.3) is 0 Å². The van der Waals surface area contributed by atoms with Crippen molar-refractivity contribution in [3.8, 4) is 0 Å². The molecule has 1 heterocycles. The number of fused-ring (bicyclic) bond motifs is 1. The predicted octanol–water partition coefficient (Wildman–Crippen LogP) is 4.37. The Hall–Kier alpha value is -1.38. The van der Waals surface area contributed by atoms with E-state index >= 15 is 0 Å². The van der Waals surface area contributed by atoms with E-state index in [1.54, 1.807) is 0 Å². The summed E-state index contributed by atoms with van der Waals surface area (Å²) in [5, 5.41) is 6.43. The van der Waals surface area contributed by atoms with Crippen molar-refractivity contribution in [1.82, 2.24) is 5.32 Å². The first-order valence-electron chi connectivity index (χ1n) is 8.14. The molecule has 1 aliphatic heterocycles. The van der Waals surface area contributed by atoms with E-state index in [2.05, 4.69) is 55.6 Å². The highest BCUT2D eigenvalue weighted by Crippen LogP contribution is 2.32. The highest BCUT2D eigenvalue weighted by Gasteiger charge is 2.28. The maximum absolute atomic E-state index is 5.98. The Bertz CT molecular complexity index is 602. The minimum Gasteiger partial charge on any atom is -0.376 e. The molecule has 1 aliphatic rings. The van der Waals surface area contributed by atoms with E-state index in [0.29, 0.717) is 12.1 Å². The first-order valence-corrected chi connectivity index (χ1v) is 8.14. The Labute approximate surface area is 127 Å². The van der Waals surface area contributed by atoms with E-state index in [-0.39, 0.29) is 0 Å². The van der Waals surface area contributed by atoms with Crippen LogP contribution in [-0.2, 0) is 4.74 Å². The van der Waals surface area contributed by atoms with Crippen LogP contribution in [0.3, 0.4) is 0 Å². The van der Waals surface area contributed by atoms with Gasteiger partial charge in [-0.15, -0.1) is 0 Å². The zero-order chi connectivity index (χ0) is 14.7. The van der Waals surface area contributed by atoms with Crippen molar-refractivity contribution < 1.29 is 4.74 Å². The molecule has 3 rings (SSSR count). The lowest BCUT2D eigenvalue weighted by atomic mass is 9.92. The van der Waals surface area contributed by atoms with Gasteiger partial charge in [0.2, 0.25) is 0 Å². The van der Waals surface area contributed by atoms with Crippen molar-refractivity contribution in [1.29, 1.82) is 0 Å². The zero-order valence-corrected chi connectivity index (χ0v) is 13.1. The first kappa shape index (κ1) is 14.6. The summed E-state index contributed by atoms with van der Waals surface area (Å²) in [5.74, 6) is 0. The van der Waals surface area contributed by atoms with E-state index < -0.39 is 0 Å². The monoisotopic (exact) mass is 283 g/mol. The van der Waals surface area contributed by atoms with Crippen LogP contribution in [0.1, 0.15) is 43.4 Å². The van der Waals surface area contributed by atoms with Gasteiger partial charge in [-0.05, 0) is 54.6 Å². The maximum Gasteiger partial charge on any atom is 0.0770 e. The summed E-state index contributed by atoms with van der Waals surface area (Å²) in [7, 11) is 0. The van der Waals surface area contributed by atoms with Crippen LogP contribution in [0.2, 0.25) is 0 Å². The normalized spacial score (nSPS) is 20.0. The van der Waals surface area contributed by atoms with E-state index in [4.69, 9.17) is 4.74 Å². The minimum atomic E-state index is 0.304. The first-order chi connectivity index (χ1) is 10.3. The van der Waals surface area contributed by atoms with Crippen molar-refractivity contribution in [2.24, 2.45) is 0 Å². The fourth-order valence-electron chi connectivity index (χ4n) is 3.35. The van der Waals surface area contributed by atoms with Gasteiger partial charge in [0.15, 0.2) is 0 Å². The predicted molar refractivity (Wildman–Crippen MR) is 88.7 cm³/mol. The average molecular weight is 283 g/mol. The number of ether oxygens (including phenoxy) is 1. The molecule has 1 saturated heterocycles. The van der Waals surface area contributed by atoms with Crippen LogP contribution >= 0.6 is 0 Å². The quantitative estimate of drug-likeness (QED) is 0.880. The Kier molecular flexibility index (Phi) is 4.57. The highest BCUT2D eigenvalue weighted by molar-refractivity contribution is 5.89. The van der Waals surface area contributed by atoms with Crippen LogP contribution in [-0.4, -0.2) is 19.3 Å². The van der Waals surface area contributed by atoms with Crippen LogP contribution in [0.25, 0.3) is 10.8 Å². The highest BCUT2D eigenvalue weighted by atomic mass is 16.5. The van der Waals surface area contributed by atoms with Gasteiger partial charge in [0, 0.05) is 6.61 Å². The fourth-order valence-corrected chi connectivity index (χ4v) is 3.35. The van der Waals surface area contributed by atoms with Crippen LogP contribution in [0, 0.1) is 6.92 Å². The molecule has 1 N–H and O–H groups in total. The van der Waals surface area contributed by atoms with Crippen LogP contribution in [0.5, 0.6) is 0 Å². The summed E-state index contributed by atoms with van der Waals surface area (Å²) >= 11 is 0. The molecule has 1 fully saturated rings. The third-order valence-corrected chi connectivity index (χ3v) is 4.46. The molecule has 0 radical (unpaired) electrons.